The normalized spacial score (nSPS) is 12.4. The van der Waals surface area contributed by atoms with Crippen LogP contribution in [0.25, 0.3) is 0 Å². The van der Waals surface area contributed by atoms with Gasteiger partial charge in [-0.1, -0.05) is 0 Å². The molecule has 1 aromatic rings. The van der Waals surface area contributed by atoms with Crippen molar-refractivity contribution in [1.29, 1.82) is 0 Å². The molecule has 18 heavy (non-hydrogen) atoms. The molecule has 0 atom stereocenters. The fourth-order valence-corrected chi connectivity index (χ4v) is 1.51. The molecule has 0 unspecified atom stereocenters. The van der Waals surface area contributed by atoms with Gasteiger partial charge in [0.15, 0.2) is 11.5 Å². The Kier molecular flexibility index (Phi) is 3.36. The second-order valence-corrected chi connectivity index (χ2v) is 4.15. The van der Waals surface area contributed by atoms with Gasteiger partial charge in [-0.05, 0) is 32.0 Å². The Hall–Kier alpha value is -2.24. The van der Waals surface area contributed by atoms with Crippen LogP contribution < -0.4 is 20.1 Å². The second kappa shape index (κ2) is 4.95. The van der Waals surface area contributed by atoms with Crippen LogP contribution in [0.2, 0.25) is 0 Å². The van der Waals surface area contributed by atoms with Gasteiger partial charge in [0.1, 0.15) is 0 Å². The molecule has 1 heterocycles. The summed E-state index contributed by atoms with van der Waals surface area (Å²) in [5, 5.41) is 4.80. The van der Waals surface area contributed by atoms with E-state index in [-0.39, 0.29) is 12.8 Å². The van der Waals surface area contributed by atoms with E-state index in [1.165, 1.54) is 0 Å². The third-order valence-corrected chi connectivity index (χ3v) is 2.28. The maximum atomic E-state index is 11.8. The molecule has 0 saturated carbocycles. The molecule has 6 nitrogen and oxygen atoms in total. The minimum atomic E-state index is -0.521. The van der Waals surface area contributed by atoms with E-state index in [2.05, 4.69) is 10.6 Å². The highest BCUT2D eigenvalue weighted by molar-refractivity contribution is 6.04. The number of hydrogen-bond acceptors (Lipinski definition) is 4. The molecule has 0 spiro atoms. The van der Waals surface area contributed by atoms with Crippen molar-refractivity contribution in [3.63, 3.8) is 0 Å². The van der Waals surface area contributed by atoms with Crippen molar-refractivity contribution in [2.45, 2.75) is 19.9 Å². The van der Waals surface area contributed by atoms with E-state index in [0.29, 0.717) is 17.1 Å². The van der Waals surface area contributed by atoms with Crippen molar-refractivity contribution in [2.24, 2.45) is 0 Å². The fourth-order valence-electron chi connectivity index (χ4n) is 1.51. The van der Waals surface area contributed by atoms with E-state index >= 15 is 0 Å². The van der Waals surface area contributed by atoms with Crippen molar-refractivity contribution in [3.8, 4) is 11.5 Å². The first-order valence-electron chi connectivity index (χ1n) is 5.58. The van der Waals surface area contributed by atoms with Crippen LogP contribution in [0.15, 0.2) is 18.2 Å². The molecule has 0 fully saturated rings. The predicted molar refractivity (Wildman–Crippen MR) is 63.7 cm³/mol. The lowest BCUT2D eigenvalue weighted by Gasteiger charge is -2.09. The predicted octanol–water partition coefficient (Wildman–Crippen LogP) is 1.26. The zero-order valence-corrected chi connectivity index (χ0v) is 10.1. The lowest BCUT2D eigenvalue weighted by Crippen LogP contribution is -2.42. The molecule has 0 saturated heterocycles. The van der Waals surface area contributed by atoms with Crippen molar-refractivity contribution in [2.75, 3.05) is 6.79 Å². The minimum absolute atomic E-state index is 0.0328. The van der Waals surface area contributed by atoms with Crippen LogP contribution >= 0.6 is 0 Å². The first-order valence-corrected chi connectivity index (χ1v) is 5.58. The molecule has 0 bridgehead atoms. The van der Waals surface area contributed by atoms with Gasteiger partial charge in [-0.25, -0.2) is 4.79 Å². The molecule has 1 aliphatic heterocycles. The quantitative estimate of drug-likeness (QED) is 0.828. The van der Waals surface area contributed by atoms with Gasteiger partial charge in [-0.15, -0.1) is 0 Å². The van der Waals surface area contributed by atoms with Crippen molar-refractivity contribution >= 4 is 11.9 Å². The average Bonchev–Trinajstić information content (AvgIpc) is 2.74. The molecule has 2 N–H and O–H groups in total. The van der Waals surface area contributed by atoms with E-state index in [1.54, 1.807) is 18.2 Å². The number of carbonyl (C=O) groups excluding carboxylic acids is 2. The van der Waals surface area contributed by atoms with Gasteiger partial charge in [0.25, 0.3) is 5.91 Å². The fraction of sp³-hybridized carbons (Fsp3) is 0.333. The van der Waals surface area contributed by atoms with Gasteiger partial charge in [-0.3, -0.25) is 10.1 Å². The number of urea groups is 1. The number of hydrogen-bond donors (Lipinski definition) is 2. The van der Waals surface area contributed by atoms with Crippen LogP contribution in [-0.2, 0) is 0 Å². The van der Waals surface area contributed by atoms with Crippen LogP contribution in [0, 0.1) is 0 Å². The number of benzene rings is 1. The molecular weight excluding hydrogens is 236 g/mol. The van der Waals surface area contributed by atoms with E-state index < -0.39 is 11.9 Å². The molecule has 6 heteroatoms. The summed E-state index contributed by atoms with van der Waals surface area (Å²) >= 11 is 0. The van der Waals surface area contributed by atoms with Gasteiger partial charge in [0.05, 0.1) is 0 Å². The summed E-state index contributed by atoms with van der Waals surface area (Å²) in [7, 11) is 0. The van der Waals surface area contributed by atoms with Gasteiger partial charge in [0.2, 0.25) is 6.79 Å². The highest BCUT2D eigenvalue weighted by Crippen LogP contribution is 2.32. The molecule has 0 aliphatic carbocycles. The monoisotopic (exact) mass is 250 g/mol. The number of nitrogens with one attached hydrogen (secondary N) is 2. The topological polar surface area (TPSA) is 76.7 Å². The Morgan fingerprint density at radius 3 is 2.67 bits per heavy atom. The van der Waals surface area contributed by atoms with Gasteiger partial charge in [0, 0.05) is 11.6 Å². The first kappa shape index (κ1) is 12.2. The Bertz CT molecular complexity index is 485. The third kappa shape index (κ3) is 2.71. The highest BCUT2D eigenvalue weighted by Gasteiger charge is 2.17. The molecule has 96 valence electrons. The highest BCUT2D eigenvalue weighted by atomic mass is 16.7. The van der Waals surface area contributed by atoms with Gasteiger partial charge in [-0.2, -0.15) is 0 Å². The number of ether oxygens (including phenoxy) is 2. The molecule has 0 aromatic heterocycles. The van der Waals surface area contributed by atoms with E-state index in [0.717, 1.165) is 0 Å². The summed E-state index contributed by atoms with van der Waals surface area (Å²) in [6.07, 6.45) is 0. The summed E-state index contributed by atoms with van der Waals surface area (Å²) in [4.78, 5) is 23.1. The number of imide groups is 1. The zero-order chi connectivity index (χ0) is 13.1. The standard InChI is InChI=1S/C12H14N2O4/c1-7(2)13-12(16)14-11(15)8-3-4-9-10(5-8)18-6-17-9/h3-5,7H,6H2,1-2H3,(H2,13,14,15,16). The summed E-state index contributed by atoms with van der Waals surface area (Å²) in [5.74, 6) is 0.622. The van der Waals surface area contributed by atoms with Crippen LogP contribution in [0.3, 0.4) is 0 Å². The van der Waals surface area contributed by atoms with Crippen LogP contribution in [-0.4, -0.2) is 24.8 Å². The Labute approximate surface area is 104 Å². The van der Waals surface area contributed by atoms with Crippen LogP contribution in [0.5, 0.6) is 11.5 Å². The third-order valence-electron chi connectivity index (χ3n) is 2.28. The van der Waals surface area contributed by atoms with Crippen molar-refractivity contribution < 1.29 is 19.1 Å². The van der Waals surface area contributed by atoms with Crippen LogP contribution in [0.4, 0.5) is 4.79 Å². The van der Waals surface area contributed by atoms with E-state index in [1.807, 2.05) is 13.8 Å². The average molecular weight is 250 g/mol. The summed E-state index contributed by atoms with van der Waals surface area (Å²) < 4.78 is 10.3. The smallest absolute Gasteiger partial charge is 0.321 e. The van der Waals surface area contributed by atoms with Crippen molar-refractivity contribution in [1.82, 2.24) is 10.6 Å². The Morgan fingerprint density at radius 2 is 1.94 bits per heavy atom. The number of carbonyl (C=O) groups is 2. The van der Waals surface area contributed by atoms with E-state index in [9.17, 15) is 9.59 Å². The van der Waals surface area contributed by atoms with E-state index in [4.69, 9.17) is 9.47 Å². The SMILES string of the molecule is CC(C)NC(=O)NC(=O)c1ccc2c(c1)OCO2. The molecular formula is C12H14N2O4. The maximum absolute atomic E-state index is 11.8. The molecule has 1 aliphatic rings. The van der Waals surface area contributed by atoms with Crippen LogP contribution in [0.1, 0.15) is 24.2 Å². The maximum Gasteiger partial charge on any atom is 0.321 e. The number of amides is 3. The molecule has 2 rings (SSSR count). The largest absolute Gasteiger partial charge is 0.454 e. The first-order chi connectivity index (χ1) is 8.56. The number of fused-ring (bicyclic) bond motifs is 1. The Balaban J connectivity index is 2.03. The second-order valence-electron chi connectivity index (χ2n) is 4.15. The Morgan fingerprint density at radius 1 is 1.22 bits per heavy atom. The number of rotatable bonds is 2. The molecule has 1 aromatic carbocycles. The molecule has 3 amide bonds. The van der Waals surface area contributed by atoms with Crippen molar-refractivity contribution in [3.05, 3.63) is 23.8 Å². The zero-order valence-electron chi connectivity index (χ0n) is 10.1. The minimum Gasteiger partial charge on any atom is -0.454 e. The van der Waals surface area contributed by atoms with Gasteiger partial charge >= 0.3 is 6.03 Å². The molecule has 0 radical (unpaired) electrons. The lowest BCUT2D eigenvalue weighted by atomic mass is 10.2. The van der Waals surface area contributed by atoms with Gasteiger partial charge < -0.3 is 14.8 Å². The summed E-state index contributed by atoms with van der Waals surface area (Å²) in [6, 6.07) is 4.20. The lowest BCUT2D eigenvalue weighted by molar-refractivity contribution is 0.0963. The summed E-state index contributed by atoms with van der Waals surface area (Å²) in [6.45, 7) is 3.77. The summed E-state index contributed by atoms with van der Waals surface area (Å²) in [5.41, 5.74) is 0.346.